The molecular formula is C15H14N2O5S. The monoisotopic (exact) mass is 334 g/mol. The molecule has 1 aliphatic heterocycles. The van der Waals surface area contributed by atoms with Crippen molar-refractivity contribution in [2.24, 2.45) is 0 Å². The molecule has 0 aliphatic carbocycles. The van der Waals surface area contributed by atoms with E-state index in [2.05, 4.69) is 9.68 Å². The highest BCUT2D eigenvalue weighted by Gasteiger charge is 2.16. The topological polar surface area (TPSA) is 98.5 Å². The van der Waals surface area contributed by atoms with Crippen LogP contribution in [0.25, 0.3) is 6.08 Å². The van der Waals surface area contributed by atoms with Gasteiger partial charge in [0.2, 0.25) is 10.0 Å². The van der Waals surface area contributed by atoms with Crippen LogP contribution < -0.4 is 9.46 Å². The normalized spacial score (nSPS) is 13.7. The van der Waals surface area contributed by atoms with Crippen molar-refractivity contribution in [1.29, 1.82) is 0 Å². The summed E-state index contributed by atoms with van der Waals surface area (Å²) >= 11 is 0. The predicted octanol–water partition coefficient (Wildman–Crippen LogP) is 1.27. The quantitative estimate of drug-likeness (QED) is 0.827. The van der Waals surface area contributed by atoms with Crippen molar-refractivity contribution in [3.8, 4) is 5.75 Å². The number of rotatable bonds is 5. The van der Waals surface area contributed by atoms with E-state index in [0.717, 1.165) is 23.3 Å². The Morgan fingerprint density at radius 2 is 2.22 bits per heavy atom. The number of amides is 1. The summed E-state index contributed by atoms with van der Waals surface area (Å²) in [6.07, 6.45) is 4.83. The van der Waals surface area contributed by atoms with Crippen LogP contribution in [-0.4, -0.2) is 26.1 Å². The number of carbonyl (C=O) groups excluding carboxylic acids is 1. The van der Waals surface area contributed by atoms with Gasteiger partial charge in [0.1, 0.15) is 23.5 Å². The molecule has 0 fully saturated rings. The Hall–Kier alpha value is -2.61. The molecule has 0 bridgehead atoms. The second kappa shape index (κ2) is 6.25. The van der Waals surface area contributed by atoms with Crippen LogP contribution in [0.4, 0.5) is 0 Å². The maximum atomic E-state index is 11.8. The van der Waals surface area contributed by atoms with E-state index in [1.54, 1.807) is 12.1 Å². The number of nitrogens with one attached hydrogen (secondary N) is 1. The molecule has 23 heavy (non-hydrogen) atoms. The molecule has 0 unspecified atom stereocenters. The van der Waals surface area contributed by atoms with Gasteiger partial charge in [-0.2, -0.15) is 0 Å². The van der Waals surface area contributed by atoms with Gasteiger partial charge in [-0.05, 0) is 29.3 Å². The Bertz CT molecular complexity index is 841. The minimum absolute atomic E-state index is 0.230. The predicted molar refractivity (Wildman–Crippen MR) is 81.9 cm³/mol. The van der Waals surface area contributed by atoms with Crippen LogP contribution in [0, 0.1) is 0 Å². The number of hydrogen-bond donors (Lipinski definition) is 1. The number of benzene rings is 1. The molecule has 2 aromatic rings. The molecule has 1 N–H and O–H groups in total. The van der Waals surface area contributed by atoms with Gasteiger partial charge in [0, 0.05) is 18.6 Å². The molecule has 0 saturated carbocycles. The third-order valence-corrected chi connectivity index (χ3v) is 4.41. The van der Waals surface area contributed by atoms with Crippen molar-refractivity contribution in [1.82, 2.24) is 9.88 Å². The molecule has 120 valence electrons. The van der Waals surface area contributed by atoms with E-state index in [4.69, 9.17) is 4.74 Å². The van der Waals surface area contributed by atoms with E-state index >= 15 is 0 Å². The average molecular weight is 334 g/mol. The summed E-state index contributed by atoms with van der Waals surface area (Å²) in [5.74, 6) is -0.286. The van der Waals surface area contributed by atoms with Crippen LogP contribution in [0.2, 0.25) is 0 Å². The SMILES string of the molecule is O=C(C=Cc1ccc2c(c1)CCO2)NS(=O)(=O)Cc1ccon1. The number of hydrogen-bond acceptors (Lipinski definition) is 6. The van der Waals surface area contributed by atoms with E-state index in [1.165, 1.54) is 18.4 Å². The molecule has 8 heteroatoms. The number of nitrogens with zero attached hydrogens (tertiary/aromatic N) is 1. The third-order valence-electron chi connectivity index (χ3n) is 3.23. The summed E-state index contributed by atoms with van der Waals surface area (Å²) < 4.78 is 35.5. The van der Waals surface area contributed by atoms with Crippen LogP contribution in [0.15, 0.2) is 41.1 Å². The number of sulfonamides is 1. The number of fused-ring (bicyclic) bond motifs is 1. The Balaban J connectivity index is 1.62. The van der Waals surface area contributed by atoms with Crippen molar-refractivity contribution in [3.63, 3.8) is 0 Å². The molecule has 3 rings (SSSR count). The lowest BCUT2D eigenvalue weighted by atomic mass is 10.1. The van der Waals surface area contributed by atoms with Crippen LogP contribution in [0.3, 0.4) is 0 Å². The molecule has 1 aromatic carbocycles. The zero-order valence-electron chi connectivity index (χ0n) is 12.1. The molecule has 7 nitrogen and oxygen atoms in total. The molecule has 0 saturated heterocycles. The van der Waals surface area contributed by atoms with Gasteiger partial charge in [-0.1, -0.05) is 11.2 Å². The molecule has 0 atom stereocenters. The van der Waals surface area contributed by atoms with Gasteiger partial charge >= 0.3 is 0 Å². The summed E-state index contributed by atoms with van der Waals surface area (Å²) in [6, 6.07) is 6.97. The Morgan fingerprint density at radius 1 is 1.35 bits per heavy atom. The van der Waals surface area contributed by atoms with Gasteiger partial charge in [0.05, 0.1) is 6.61 Å². The molecular weight excluding hydrogens is 320 g/mol. The first-order valence-electron chi connectivity index (χ1n) is 6.89. The Morgan fingerprint density at radius 3 is 3.00 bits per heavy atom. The first-order chi connectivity index (χ1) is 11.0. The molecule has 1 amide bonds. The maximum absolute atomic E-state index is 11.8. The first-order valence-corrected chi connectivity index (χ1v) is 8.55. The highest BCUT2D eigenvalue weighted by atomic mass is 32.2. The number of aromatic nitrogens is 1. The van der Waals surface area contributed by atoms with Crippen LogP contribution in [0.1, 0.15) is 16.8 Å². The van der Waals surface area contributed by atoms with E-state index in [1.807, 2.05) is 16.9 Å². The second-order valence-electron chi connectivity index (χ2n) is 5.02. The first kappa shape index (κ1) is 15.3. The van der Waals surface area contributed by atoms with Crippen LogP contribution in [-0.2, 0) is 27.0 Å². The summed E-state index contributed by atoms with van der Waals surface area (Å²) in [5, 5.41) is 3.50. The lowest BCUT2D eigenvalue weighted by Gasteiger charge is -2.02. The lowest BCUT2D eigenvalue weighted by molar-refractivity contribution is -0.114. The van der Waals surface area contributed by atoms with Crippen molar-refractivity contribution >= 4 is 22.0 Å². The molecule has 0 radical (unpaired) electrons. The maximum Gasteiger partial charge on any atom is 0.257 e. The fourth-order valence-corrected chi connectivity index (χ4v) is 3.20. The van der Waals surface area contributed by atoms with Gasteiger partial charge in [-0.15, -0.1) is 0 Å². The van der Waals surface area contributed by atoms with E-state index in [9.17, 15) is 13.2 Å². The molecule has 1 aromatic heterocycles. The average Bonchev–Trinajstić information content (AvgIpc) is 3.14. The van der Waals surface area contributed by atoms with E-state index < -0.39 is 21.7 Å². The van der Waals surface area contributed by atoms with Crippen LogP contribution >= 0.6 is 0 Å². The number of ether oxygens (including phenoxy) is 1. The minimum atomic E-state index is -3.81. The highest BCUT2D eigenvalue weighted by Crippen LogP contribution is 2.26. The minimum Gasteiger partial charge on any atom is -0.493 e. The van der Waals surface area contributed by atoms with Crippen molar-refractivity contribution in [2.75, 3.05) is 6.61 Å². The zero-order valence-corrected chi connectivity index (χ0v) is 12.9. The van der Waals surface area contributed by atoms with Gasteiger partial charge in [-0.3, -0.25) is 4.79 Å². The van der Waals surface area contributed by atoms with Crippen LogP contribution in [0.5, 0.6) is 5.75 Å². The van der Waals surface area contributed by atoms with Crippen molar-refractivity contribution in [3.05, 3.63) is 53.4 Å². The summed E-state index contributed by atoms with van der Waals surface area (Å²) in [4.78, 5) is 11.7. The zero-order chi connectivity index (χ0) is 16.3. The summed E-state index contributed by atoms with van der Waals surface area (Å²) in [7, 11) is -3.81. The Kier molecular flexibility index (Phi) is 4.16. The van der Waals surface area contributed by atoms with Gasteiger partial charge in [0.15, 0.2) is 0 Å². The van der Waals surface area contributed by atoms with E-state index in [0.29, 0.717) is 6.61 Å². The fourth-order valence-electron chi connectivity index (χ4n) is 2.21. The largest absolute Gasteiger partial charge is 0.493 e. The Labute approximate surface area is 133 Å². The molecule has 2 heterocycles. The summed E-state index contributed by atoms with van der Waals surface area (Å²) in [5.41, 5.74) is 2.11. The fraction of sp³-hybridized carbons (Fsp3) is 0.200. The third kappa shape index (κ3) is 3.98. The second-order valence-corrected chi connectivity index (χ2v) is 6.74. The van der Waals surface area contributed by atoms with Gasteiger partial charge in [0.25, 0.3) is 5.91 Å². The van der Waals surface area contributed by atoms with Crippen molar-refractivity contribution < 1.29 is 22.5 Å². The standard InChI is InChI=1S/C15H14N2O5S/c18-15(17-23(19,20)10-13-6-8-22-16-13)4-2-11-1-3-14-12(9-11)5-7-21-14/h1-4,6,8-9H,5,7,10H2,(H,17,18). The highest BCUT2D eigenvalue weighted by molar-refractivity contribution is 7.89. The number of carbonyl (C=O) groups is 1. The van der Waals surface area contributed by atoms with Gasteiger partial charge in [-0.25, -0.2) is 13.1 Å². The summed E-state index contributed by atoms with van der Waals surface area (Å²) in [6.45, 7) is 0.656. The van der Waals surface area contributed by atoms with E-state index in [-0.39, 0.29) is 5.69 Å². The van der Waals surface area contributed by atoms with Gasteiger partial charge < -0.3 is 9.26 Å². The molecule has 1 aliphatic rings. The smallest absolute Gasteiger partial charge is 0.257 e. The van der Waals surface area contributed by atoms with Crippen molar-refractivity contribution in [2.45, 2.75) is 12.2 Å². The lowest BCUT2D eigenvalue weighted by Crippen LogP contribution is -2.30. The molecule has 0 spiro atoms.